The summed E-state index contributed by atoms with van der Waals surface area (Å²) in [5.41, 5.74) is 4.84. The van der Waals surface area contributed by atoms with Crippen LogP contribution in [0.4, 0.5) is 0 Å². The Balaban J connectivity index is 1.98. The maximum atomic E-state index is 11.1. The lowest BCUT2D eigenvalue weighted by Crippen LogP contribution is -2.52. The molecule has 2 saturated heterocycles. The molecular weight excluding hydrogens is 220 g/mol. The first-order valence-electron chi connectivity index (χ1n) is 6.32. The fourth-order valence-corrected chi connectivity index (χ4v) is 3.02. The van der Waals surface area contributed by atoms with Crippen LogP contribution in [0.25, 0.3) is 0 Å². The minimum absolute atomic E-state index is 0.251. The minimum Gasteiger partial charge on any atom is -0.480 e. The van der Waals surface area contributed by atoms with E-state index in [2.05, 4.69) is 18.7 Å². The predicted molar refractivity (Wildman–Crippen MR) is 63.8 cm³/mol. The summed E-state index contributed by atoms with van der Waals surface area (Å²) in [4.78, 5) is 13.3. The van der Waals surface area contributed by atoms with E-state index >= 15 is 0 Å². The summed E-state index contributed by atoms with van der Waals surface area (Å²) in [7, 11) is 0. The summed E-state index contributed by atoms with van der Waals surface area (Å²) in [5, 5.41) is 9.12. The summed E-state index contributed by atoms with van der Waals surface area (Å²) in [6.07, 6.45) is 2.99. The molecule has 3 unspecified atom stereocenters. The number of carbonyl (C=O) groups is 1. The highest BCUT2D eigenvalue weighted by Gasteiger charge is 2.44. The van der Waals surface area contributed by atoms with E-state index in [9.17, 15) is 4.79 Å². The zero-order valence-corrected chi connectivity index (χ0v) is 10.6. The maximum Gasteiger partial charge on any atom is 0.325 e. The number of nitrogens with zero attached hydrogens (tertiary/aromatic N) is 1. The Morgan fingerprint density at radius 2 is 2.00 bits per heavy atom. The molecule has 5 nitrogen and oxygen atoms in total. The third-order valence-electron chi connectivity index (χ3n) is 3.95. The van der Waals surface area contributed by atoms with Crippen molar-refractivity contribution in [3.05, 3.63) is 0 Å². The SMILES string of the molecule is CC1CC(N2CCC(N)(C(=O)O)C2)CC(C)O1. The van der Waals surface area contributed by atoms with Gasteiger partial charge in [-0.25, -0.2) is 0 Å². The van der Waals surface area contributed by atoms with Crippen molar-refractivity contribution in [2.45, 2.75) is 56.9 Å². The van der Waals surface area contributed by atoms with Crippen molar-refractivity contribution in [1.82, 2.24) is 4.90 Å². The van der Waals surface area contributed by atoms with Gasteiger partial charge in [0.2, 0.25) is 0 Å². The van der Waals surface area contributed by atoms with Gasteiger partial charge in [-0.05, 0) is 33.1 Å². The lowest BCUT2D eigenvalue weighted by Gasteiger charge is -2.37. The molecule has 0 amide bonds. The monoisotopic (exact) mass is 242 g/mol. The van der Waals surface area contributed by atoms with Crippen molar-refractivity contribution in [3.63, 3.8) is 0 Å². The molecule has 0 aliphatic carbocycles. The second-order valence-electron chi connectivity index (χ2n) is 5.56. The second-order valence-corrected chi connectivity index (χ2v) is 5.56. The molecule has 0 aromatic heterocycles. The molecule has 0 aromatic carbocycles. The van der Waals surface area contributed by atoms with E-state index in [1.807, 2.05) is 0 Å². The van der Waals surface area contributed by atoms with Crippen molar-refractivity contribution in [1.29, 1.82) is 0 Å². The molecule has 2 aliphatic rings. The molecule has 17 heavy (non-hydrogen) atoms. The first-order valence-corrected chi connectivity index (χ1v) is 6.32. The van der Waals surface area contributed by atoms with E-state index < -0.39 is 11.5 Å². The Hall–Kier alpha value is -0.650. The number of hydrogen-bond donors (Lipinski definition) is 2. The van der Waals surface area contributed by atoms with Crippen LogP contribution in [0.2, 0.25) is 0 Å². The lowest BCUT2D eigenvalue weighted by atomic mass is 9.98. The van der Waals surface area contributed by atoms with Crippen LogP contribution in [0.5, 0.6) is 0 Å². The molecule has 0 radical (unpaired) electrons. The van der Waals surface area contributed by atoms with Crippen LogP contribution in [0.1, 0.15) is 33.1 Å². The van der Waals surface area contributed by atoms with E-state index in [-0.39, 0.29) is 12.2 Å². The topological polar surface area (TPSA) is 75.8 Å². The van der Waals surface area contributed by atoms with E-state index in [0.29, 0.717) is 19.0 Å². The van der Waals surface area contributed by atoms with Gasteiger partial charge in [0.25, 0.3) is 0 Å². The average molecular weight is 242 g/mol. The Bertz CT molecular complexity index is 300. The Labute approximate surface area is 102 Å². The summed E-state index contributed by atoms with van der Waals surface area (Å²) in [6.45, 7) is 5.40. The van der Waals surface area contributed by atoms with Gasteiger partial charge < -0.3 is 15.6 Å². The van der Waals surface area contributed by atoms with Crippen molar-refractivity contribution in [2.24, 2.45) is 5.73 Å². The summed E-state index contributed by atoms with van der Waals surface area (Å²) >= 11 is 0. The molecule has 0 aromatic rings. The predicted octanol–water partition coefficient (Wildman–Crippen LogP) is 0.430. The average Bonchev–Trinajstić information content (AvgIpc) is 2.61. The number of likely N-dealkylation sites (tertiary alicyclic amines) is 1. The minimum atomic E-state index is -1.05. The standard InChI is InChI=1S/C12H22N2O3/c1-8-5-10(6-9(2)17-8)14-4-3-12(13,7-14)11(15)16/h8-10H,3-7,13H2,1-2H3,(H,15,16). The molecule has 98 valence electrons. The largest absolute Gasteiger partial charge is 0.480 e. The number of carboxylic acid groups (broad SMARTS) is 1. The molecule has 0 spiro atoms. The molecule has 0 saturated carbocycles. The molecule has 2 fully saturated rings. The summed E-state index contributed by atoms with van der Waals surface area (Å²) in [5.74, 6) is -0.881. The van der Waals surface area contributed by atoms with Crippen LogP contribution in [-0.2, 0) is 9.53 Å². The Morgan fingerprint density at radius 3 is 2.47 bits per heavy atom. The van der Waals surface area contributed by atoms with Gasteiger partial charge in [0.05, 0.1) is 12.2 Å². The van der Waals surface area contributed by atoms with Crippen molar-refractivity contribution in [2.75, 3.05) is 13.1 Å². The second kappa shape index (κ2) is 4.55. The number of rotatable bonds is 2. The van der Waals surface area contributed by atoms with Crippen molar-refractivity contribution in [3.8, 4) is 0 Å². The normalized spacial score (nSPS) is 43.8. The molecular formula is C12H22N2O3. The van der Waals surface area contributed by atoms with E-state index in [1.54, 1.807) is 0 Å². The molecule has 5 heteroatoms. The van der Waals surface area contributed by atoms with E-state index in [0.717, 1.165) is 19.4 Å². The zero-order valence-electron chi connectivity index (χ0n) is 10.6. The van der Waals surface area contributed by atoms with Crippen LogP contribution in [0.15, 0.2) is 0 Å². The van der Waals surface area contributed by atoms with Gasteiger partial charge in [0.15, 0.2) is 0 Å². The third-order valence-corrected chi connectivity index (χ3v) is 3.95. The Kier molecular flexibility index (Phi) is 3.43. The fourth-order valence-electron chi connectivity index (χ4n) is 3.02. The number of aliphatic carboxylic acids is 1. The van der Waals surface area contributed by atoms with Gasteiger partial charge in [-0.3, -0.25) is 9.69 Å². The van der Waals surface area contributed by atoms with Crippen LogP contribution >= 0.6 is 0 Å². The molecule has 2 aliphatic heterocycles. The van der Waals surface area contributed by atoms with Crippen LogP contribution in [0, 0.1) is 0 Å². The van der Waals surface area contributed by atoms with Gasteiger partial charge in [-0.1, -0.05) is 0 Å². The quantitative estimate of drug-likeness (QED) is 0.734. The molecule has 2 rings (SSSR count). The fraction of sp³-hybridized carbons (Fsp3) is 0.917. The smallest absolute Gasteiger partial charge is 0.325 e. The highest BCUT2D eigenvalue weighted by Crippen LogP contribution is 2.29. The van der Waals surface area contributed by atoms with Gasteiger partial charge in [0.1, 0.15) is 5.54 Å². The number of nitrogens with two attached hydrogens (primary N) is 1. The van der Waals surface area contributed by atoms with Crippen LogP contribution < -0.4 is 5.73 Å². The van der Waals surface area contributed by atoms with E-state index in [4.69, 9.17) is 15.6 Å². The van der Waals surface area contributed by atoms with Gasteiger partial charge in [-0.2, -0.15) is 0 Å². The van der Waals surface area contributed by atoms with Crippen molar-refractivity contribution < 1.29 is 14.6 Å². The molecule has 3 atom stereocenters. The number of ether oxygens (including phenoxy) is 1. The number of carboxylic acids is 1. The van der Waals surface area contributed by atoms with Crippen LogP contribution in [0.3, 0.4) is 0 Å². The zero-order chi connectivity index (χ0) is 12.6. The van der Waals surface area contributed by atoms with Crippen LogP contribution in [-0.4, -0.2) is 52.9 Å². The van der Waals surface area contributed by atoms with E-state index in [1.165, 1.54) is 0 Å². The highest BCUT2D eigenvalue weighted by molar-refractivity contribution is 5.79. The highest BCUT2D eigenvalue weighted by atomic mass is 16.5. The van der Waals surface area contributed by atoms with Gasteiger partial charge >= 0.3 is 5.97 Å². The third kappa shape index (κ3) is 2.61. The first kappa shape index (κ1) is 12.8. The summed E-state index contributed by atoms with van der Waals surface area (Å²) in [6, 6.07) is 0.415. The van der Waals surface area contributed by atoms with Gasteiger partial charge in [0, 0.05) is 19.1 Å². The van der Waals surface area contributed by atoms with Crippen molar-refractivity contribution >= 4 is 5.97 Å². The van der Waals surface area contributed by atoms with Gasteiger partial charge in [-0.15, -0.1) is 0 Å². The molecule has 2 heterocycles. The number of hydrogen-bond acceptors (Lipinski definition) is 4. The molecule has 0 bridgehead atoms. The Morgan fingerprint density at radius 1 is 1.41 bits per heavy atom. The first-order chi connectivity index (χ1) is 7.90. The summed E-state index contributed by atoms with van der Waals surface area (Å²) < 4.78 is 5.70. The lowest BCUT2D eigenvalue weighted by molar-refractivity contribution is -0.143. The molecule has 3 N–H and O–H groups in total. The maximum absolute atomic E-state index is 11.1.